The molecule has 8 aromatic carbocycles. The van der Waals surface area contributed by atoms with Crippen LogP contribution in [0.4, 0.5) is 28.4 Å². The lowest BCUT2D eigenvalue weighted by Crippen LogP contribution is -2.47. The normalized spacial score (nSPS) is 15.9. The largest absolute Gasteiger partial charge is 0.310 e. The Labute approximate surface area is 532 Å². The summed E-state index contributed by atoms with van der Waals surface area (Å²) in [6.07, 6.45) is 11.6. The van der Waals surface area contributed by atoms with Gasteiger partial charge in [0.25, 0.3) is 35.0 Å². The minimum atomic E-state index is -0.474. The van der Waals surface area contributed by atoms with Gasteiger partial charge in [-0.3, -0.25) is 49.2 Å². The van der Waals surface area contributed by atoms with E-state index in [1.165, 1.54) is 27.0 Å². The van der Waals surface area contributed by atoms with E-state index in [9.17, 15) is 39.4 Å². The van der Waals surface area contributed by atoms with Crippen LogP contribution < -0.4 is 4.90 Å². The van der Waals surface area contributed by atoms with Crippen LogP contribution in [0.25, 0.3) is 43.8 Å². The van der Waals surface area contributed by atoms with Crippen molar-refractivity contribution in [2.75, 3.05) is 4.90 Å². The second-order valence-electron chi connectivity index (χ2n) is 28.9. The van der Waals surface area contributed by atoms with Crippen molar-refractivity contribution in [3.63, 3.8) is 0 Å². The molecule has 13 nitrogen and oxygen atoms in total. The number of benzene rings is 8. The molecule has 14 heteroatoms. The van der Waals surface area contributed by atoms with Crippen LogP contribution in [0.1, 0.15) is 199 Å². The van der Waals surface area contributed by atoms with E-state index in [1.54, 1.807) is 60.7 Å². The van der Waals surface area contributed by atoms with Crippen LogP contribution in [-0.2, 0) is 10.8 Å². The fraction of sp³-hybridized carbons (Fsp3) is 0.368. The number of nitrogens with zero attached hydrogens (tertiary/aromatic N) is 5. The highest BCUT2D eigenvalue weighted by Gasteiger charge is 2.41. The summed E-state index contributed by atoms with van der Waals surface area (Å²) in [7, 11) is 0. The second-order valence-corrected chi connectivity index (χ2v) is 29.3. The SMILES string of the molecule is CC(C)(C)CC(C)(C)c1ccc(N(c2ccc(C(C)(C)CC(C)(C)C)cc2)c2ccc(-c3ccc4c5c(cccc35)C(=O)N(C3CCCCC3)C4=O)c([N+](=O)[O-])c2)cc1.O=C1c2cccc3c(-c4ccc(Cl)cc4[N+](=O)[O-])ccc(c23)C(=O)N1C1CCCCC1. The monoisotopic (exact) mass is 1230 g/mol. The molecule has 464 valence electrons. The third-order valence-corrected chi connectivity index (χ3v) is 18.9. The number of nitro benzene ring substituents is 2. The zero-order chi connectivity index (χ0) is 64.4. The molecule has 0 bridgehead atoms. The number of carbonyl (C=O) groups excluding carboxylic acids is 4. The molecule has 2 saturated carbocycles. The molecule has 2 fully saturated rings. The summed E-state index contributed by atoms with van der Waals surface area (Å²) in [6, 6.07) is 44.7. The van der Waals surface area contributed by atoms with E-state index < -0.39 is 4.92 Å². The Hall–Kier alpha value is -8.55. The summed E-state index contributed by atoms with van der Waals surface area (Å²) in [5.74, 6) is -1.12. The molecule has 8 aromatic rings. The summed E-state index contributed by atoms with van der Waals surface area (Å²) in [4.78, 5) is 83.6. The average Bonchev–Trinajstić information content (AvgIpc) is 0.753. The smallest absolute Gasteiger partial charge is 0.279 e. The fourth-order valence-corrected chi connectivity index (χ4v) is 15.6. The maximum Gasteiger partial charge on any atom is 0.279 e. The first-order valence-electron chi connectivity index (χ1n) is 31.7. The van der Waals surface area contributed by atoms with E-state index in [2.05, 4.69) is 123 Å². The first kappa shape index (κ1) is 63.0. The van der Waals surface area contributed by atoms with Crippen molar-refractivity contribution in [1.82, 2.24) is 9.80 Å². The highest BCUT2D eigenvalue weighted by atomic mass is 35.5. The number of anilines is 3. The van der Waals surface area contributed by atoms with Gasteiger partial charge in [0.05, 0.1) is 26.7 Å². The van der Waals surface area contributed by atoms with Crippen LogP contribution in [0.3, 0.4) is 0 Å². The Bertz CT molecular complexity index is 4070. The van der Waals surface area contributed by atoms with Crippen LogP contribution in [0.2, 0.25) is 5.02 Å². The van der Waals surface area contributed by atoms with Crippen LogP contribution >= 0.6 is 11.6 Å². The van der Waals surface area contributed by atoms with Gasteiger partial charge in [0.2, 0.25) is 0 Å². The van der Waals surface area contributed by atoms with Crippen LogP contribution in [-0.4, -0.2) is 55.4 Å². The fourth-order valence-electron chi connectivity index (χ4n) is 15.4. The summed E-state index contributed by atoms with van der Waals surface area (Å²) < 4.78 is 0. The molecule has 2 heterocycles. The van der Waals surface area contributed by atoms with E-state index >= 15 is 0 Å². The molecule has 12 rings (SSSR count). The Balaban J connectivity index is 0.000000224. The Morgan fingerprint density at radius 3 is 1.13 bits per heavy atom. The number of halogens is 1. The van der Waals surface area contributed by atoms with Gasteiger partial charge in [-0.05, 0) is 166 Å². The third kappa shape index (κ3) is 12.3. The lowest BCUT2D eigenvalue weighted by molar-refractivity contribution is -0.384. The predicted molar refractivity (Wildman–Crippen MR) is 361 cm³/mol. The number of carbonyl (C=O) groups is 4. The molecule has 0 aromatic heterocycles. The van der Waals surface area contributed by atoms with E-state index in [0.717, 1.165) is 88.4 Å². The number of hydrogen-bond donors (Lipinski definition) is 0. The Morgan fingerprint density at radius 2 is 0.756 bits per heavy atom. The number of amides is 4. The van der Waals surface area contributed by atoms with Gasteiger partial charge in [-0.15, -0.1) is 0 Å². The van der Waals surface area contributed by atoms with Crippen molar-refractivity contribution in [2.45, 2.75) is 169 Å². The van der Waals surface area contributed by atoms with Gasteiger partial charge in [0, 0.05) is 73.6 Å². The van der Waals surface area contributed by atoms with E-state index in [4.69, 9.17) is 11.6 Å². The van der Waals surface area contributed by atoms with Crippen molar-refractivity contribution in [1.29, 1.82) is 0 Å². The number of nitro groups is 2. The predicted octanol–water partition coefficient (Wildman–Crippen LogP) is 20.2. The summed E-state index contributed by atoms with van der Waals surface area (Å²) >= 11 is 5.98. The topological polar surface area (TPSA) is 164 Å². The van der Waals surface area contributed by atoms with Gasteiger partial charge in [-0.2, -0.15) is 0 Å². The quantitative estimate of drug-likeness (QED) is 0.0621. The molecular formula is C76H80ClN5O8. The standard InChI is InChI=1S/C52H61N3O4.C24H19ClN2O4/c1-49(2,3)32-51(7,8)34-19-23-37(24-20-34)53(38-25-21-35(22-26-38)52(9,10)33-50(4,5)6)39-27-28-41(45(31-39)55(58)59)40-29-30-44-46-42(40)17-14-18-43(46)47(56)54(48(44)57)36-15-12-11-13-16-36;25-14-9-10-17(21(13-14)27(30)31)16-11-12-20-22-18(16)7-4-8-19(22)23(28)26(24(20)29)15-5-2-1-3-6-15/h14,17-31,36H,11-13,15-16,32-33H2,1-10H3;4,7-13,15H,1-3,5-6H2. The second kappa shape index (κ2) is 24.3. The number of hydrogen-bond acceptors (Lipinski definition) is 9. The molecule has 2 aliphatic heterocycles. The minimum Gasteiger partial charge on any atom is -0.310 e. The lowest BCUT2D eigenvalue weighted by Gasteiger charge is -2.36. The molecule has 4 aliphatic rings. The Morgan fingerprint density at radius 1 is 0.422 bits per heavy atom. The first-order valence-corrected chi connectivity index (χ1v) is 32.1. The Kier molecular flexibility index (Phi) is 17.0. The van der Waals surface area contributed by atoms with Gasteiger partial charge in [-0.25, -0.2) is 0 Å². The summed E-state index contributed by atoms with van der Waals surface area (Å²) in [6.45, 7) is 22.7. The molecule has 2 aliphatic carbocycles. The minimum absolute atomic E-state index is 0.0512. The van der Waals surface area contributed by atoms with Gasteiger partial charge in [0.1, 0.15) is 0 Å². The molecule has 0 saturated heterocycles. The highest BCUT2D eigenvalue weighted by molar-refractivity contribution is 6.31. The van der Waals surface area contributed by atoms with Gasteiger partial charge < -0.3 is 4.90 Å². The zero-order valence-corrected chi connectivity index (χ0v) is 54.1. The molecule has 90 heavy (non-hydrogen) atoms. The zero-order valence-electron chi connectivity index (χ0n) is 53.4. The maximum atomic E-state index is 14.0. The molecular weight excluding hydrogens is 1150 g/mol. The summed E-state index contributed by atoms with van der Waals surface area (Å²) in [5, 5.41) is 27.4. The van der Waals surface area contributed by atoms with Crippen molar-refractivity contribution in [3.8, 4) is 22.3 Å². The lowest BCUT2D eigenvalue weighted by atomic mass is 9.72. The highest BCUT2D eigenvalue weighted by Crippen LogP contribution is 2.47. The molecule has 0 radical (unpaired) electrons. The van der Waals surface area contributed by atoms with Gasteiger partial charge in [0.15, 0.2) is 0 Å². The van der Waals surface area contributed by atoms with Crippen LogP contribution in [0.5, 0.6) is 0 Å². The first-order chi connectivity index (χ1) is 42.6. The van der Waals surface area contributed by atoms with Crippen LogP contribution in [0.15, 0.2) is 146 Å². The van der Waals surface area contributed by atoms with E-state index in [0.29, 0.717) is 71.7 Å². The third-order valence-electron chi connectivity index (χ3n) is 18.7. The molecule has 0 atom stereocenters. The van der Waals surface area contributed by atoms with Crippen molar-refractivity contribution < 1.29 is 29.0 Å². The molecule has 0 spiro atoms. The van der Waals surface area contributed by atoms with E-state index in [1.807, 2.05) is 30.3 Å². The number of imide groups is 2. The maximum absolute atomic E-state index is 14.0. The number of rotatable bonds is 13. The van der Waals surface area contributed by atoms with Crippen molar-refractivity contribution in [2.24, 2.45) is 10.8 Å². The van der Waals surface area contributed by atoms with Gasteiger partial charge >= 0.3 is 0 Å². The van der Waals surface area contributed by atoms with Crippen molar-refractivity contribution in [3.05, 3.63) is 204 Å². The van der Waals surface area contributed by atoms with E-state index in [-0.39, 0.29) is 78.7 Å². The molecule has 4 amide bonds. The molecule has 0 N–H and O–H groups in total. The van der Waals surface area contributed by atoms with Crippen molar-refractivity contribution >= 4 is 85.2 Å². The van der Waals surface area contributed by atoms with Crippen LogP contribution in [0, 0.1) is 31.1 Å². The van der Waals surface area contributed by atoms with Gasteiger partial charge in [-0.1, -0.05) is 180 Å². The average molecular weight is 1230 g/mol. The molecule has 0 unspecified atom stereocenters. The summed E-state index contributed by atoms with van der Waals surface area (Å²) in [5.41, 5.74) is 8.84.